The number of aryl methyl sites for hydroxylation is 1. The molecule has 0 aliphatic heterocycles. The molecule has 1 rings (SSSR count). The molecule has 0 atom stereocenters. The highest BCUT2D eigenvalue weighted by Gasteiger charge is 2.36. The normalized spacial score (nSPS) is 12.6. The van der Waals surface area contributed by atoms with Crippen molar-refractivity contribution in [2.24, 2.45) is 0 Å². The zero-order chi connectivity index (χ0) is 16.3. The third-order valence-electron chi connectivity index (χ3n) is 4.50. The van der Waals surface area contributed by atoms with Gasteiger partial charge in [-0.3, -0.25) is 0 Å². The lowest BCUT2D eigenvalue weighted by molar-refractivity contribution is 0.291. The molecule has 0 amide bonds. The smallest absolute Gasteiger partial charge is 0.191 e. The Balaban J connectivity index is 2.80. The Hall–Kier alpha value is -0.323. The van der Waals surface area contributed by atoms with E-state index in [1.165, 1.54) is 11.1 Å². The second-order valence-electron chi connectivity index (χ2n) is 6.97. The van der Waals surface area contributed by atoms with E-state index in [1.807, 2.05) is 0 Å². The van der Waals surface area contributed by atoms with E-state index in [4.69, 9.17) is 9.16 Å². The minimum Gasteiger partial charge on any atom is -0.496 e. The molecular weight excluding hydrogens is 344 g/mol. The lowest BCUT2D eigenvalue weighted by Crippen LogP contribution is -2.41. The maximum atomic E-state index is 6.29. The van der Waals surface area contributed by atoms with Gasteiger partial charge in [0.05, 0.1) is 11.6 Å². The zero-order valence-corrected chi connectivity index (χ0v) is 17.1. The van der Waals surface area contributed by atoms with Gasteiger partial charge in [-0.1, -0.05) is 27.7 Å². The van der Waals surface area contributed by atoms with Crippen LogP contribution in [0.25, 0.3) is 0 Å². The summed E-state index contributed by atoms with van der Waals surface area (Å²) in [6, 6.07) is 4.30. The Morgan fingerprint density at radius 3 is 2.24 bits per heavy atom. The van der Waals surface area contributed by atoms with E-state index >= 15 is 0 Å². The number of hydrogen-bond donors (Lipinski definition) is 0. The van der Waals surface area contributed by atoms with Crippen LogP contribution in [0, 0.1) is 0 Å². The Morgan fingerprint density at radius 2 is 1.76 bits per heavy atom. The number of hydrogen-bond acceptors (Lipinski definition) is 2. The van der Waals surface area contributed by atoms with Gasteiger partial charge in [0.25, 0.3) is 0 Å². The summed E-state index contributed by atoms with van der Waals surface area (Å²) < 4.78 is 12.7. The molecule has 0 aromatic heterocycles. The van der Waals surface area contributed by atoms with Crippen LogP contribution in [0.15, 0.2) is 16.6 Å². The second kappa shape index (κ2) is 7.29. The molecule has 0 bridgehead atoms. The summed E-state index contributed by atoms with van der Waals surface area (Å²) in [5.74, 6) is 0.898. The molecule has 0 aliphatic rings. The molecule has 21 heavy (non-hydrogen) atoms. The van der Waals surface area contributed by atoms with Gasteiger partial charge in [0.15, 0.2) is 8.32 Å². The van der Waals surface area contributed by atoms with Crippen molar-refractivity contribution in [3.63, 3.8) is 0 Å². The van der Waals surface area contributed by atoms with Crippen LogP contribution >= 0.6 is 15.9 Å². The van der Waals surface area contributed by atoms with Gasteiger partial charge in [0.1, 0.15) is 5.75 Å². The first-order valence-electron chi connectivity index (χ1n) is 7.61. The summed E-state index contributed by atoms with van der Waals surface area (Å²) >= 11 is 3.56. The predicted octanol–water partition coefficient (Wildman–Crippen LogP) is 5.58. The molecule has 0 heterocycles. The van der Waals surface area contributed by atoms with Gasteiger partial charge in [-0.05, 0) is 70.2 Å². The lowest BCUT2D eigenvalue weighted by atomic mass is 10.0. The molecule has 1 aromatic rings. The highest BCUT2D eigenvalue weighted by atomic mass is 79.9. The van der Waals surface area contributed by atoms with Gasteiger partial charge in [0, 0.05) is 6.61 Å². The van der Waals surface area contributed by atoms with Gasteiger partial charge in [-0.25, -0.2) is 0 Å². The summed E-state index contributed by atoms with van der Waals surface area (Å²) in [5, 5.41) is 0.262. The molecule has 0 unspecified atom stereocenters. The van der Waals surface area contributed by atoms with Crippen molar-refractivity contribution in [3.8, 4) is 5.75 Å². The van der Waals surface area contributed by atoms with E-state index in [9.17, 15) is 0 Å². The number of halogens is 1. The van der Waals surface area contributed by atoms with Gasteiger partial charge >= 0.3 is 0 Å². The van der Waals surface area contributed by atoms with Crippen molar-refractivity contribution in [3.05, 3.63) is 27.7 Å². The molecule has 0 radical (unpaired) electrons. The van der Waals surface area contributed by atoms with E-state index in [0.29, 0.717) is 0 Å². The van der Waals surface area contributed by atoms with Crippen LogP contribution in [0.3, 0.4) is 0 Å². The van der Waals surface area contributed by atoms with E-state index in [-0.39, 0.29) is 5.04 Å². The number of ether oxygens (including phenoxy) is 1. The summed E-state index contributed by atoms with van der Waals surface area (Å²) in [6.45, 7) is 14.4. The summed E-state index contributed by atoms with van der Waals surface area (Å²) in [6.07, 6.45) is 1.97. The zero-order valence-electron chi connectivity index (χ0n) is 14.5. The first-order valence-corrected chi connectivity index (χ1v) is 11.3. The van der Waals surface area contributed by atoms with Crippen LogP contribution in [0.5, 0.6) is 5.75 Å². The number of benzene rings is 1. The first-order chi connectivity index (χ1) is 9.62. The fraction of sp³-hybridized carbons (Fsp3) is 0.647. The highest BCUT2D eigenvalue weighted by Crippen LogP contribution is 2.36. The van der Waals surface area contributed by atoms with E-state index < -0.39 is 8.32 Å². The van der Waals surface area contributed by atoms with Crippen LogP contribution in [0.1, 0.15) is 38.8 Å². The van der Waals surface area contributed by atoms with Crippen LogP contribution in [-0.4, -0.2) is 22.0 Å². The monoisotopic (exact) mass is 372 g/mol. The molecule has 0 spiro atoms. The van der Waals surface area contributed by atoms with Crippen LogP contribution < -0.4 is 4.74 Å². The van der Waals surface area contributed by atoms with Gasteiger partial charge in [-0.2, -0.15) is 0 Å². The third kappa shape index (κ3) is 4.83. The van der Waals surface area contributed by atoms with Gasteiger partial charge in [-0.15, -0.1) is 0 Å². The molecule has 0 aliphatic carbocycles. The molecule has 1 aromatic carbocycles. The molecule has 0 N–H and O–H groups in total. The topological polar surface area (TPSA) is 18.5 Å². The van der Waals surface area contributed by atoms with Crippen LogP contribution in [0.2, 0.25) is 18.1 Å². The first kappa shape index (κ1) is 18.7. The SMILES string of the molecule is CCc1cc(Br)c(OC)cc1CCO[Si](C)(C)C(C)(C)C. The molecular formula is C17H29BrO2Si. The standard InChI is InChI=1S/C17H29BrO2Si/c1-8-13-11-15(18)16(19-5)12-14(13)9-10-20-21(6,7)17(2,3)4/h11-12H,8-10H2,1-7H3. The van der Waals surface area contributed by atoms with Gasteiger partial charge in [0.2, 0.25) is 0 Å². The molecule has 2 nitrogen and oxygen atoms in total. The minimum absolute atomic E-state index is 0.262. The third-order valence-corrected chi connectivity index (χ3v) is 9.65. The quantitative estimate of drug-likeness (QED) is 0.606. The molecule has 0 fully saturated rings. The fourth-order valence-corrected chi connectivity index (χ4v) is 3.59. The molecule has 0 saturated carbocycles. The maximum absolute atomic E-state index is 6.29. The Morgan fingerprint density at radius 1 is 1.14 bits per heavy atom. The largest absolute Gasteiger partial charge is 0.496 e. The minimum atomic E-state index is -1.66. The Bertz CT molecular complexity index is 478. The molecule has 120 valence electrons. The molecule has 0 saturated heterocycles. The van der Waals surface area contributed by atoms with Crippen molar-refractivity contribution in [2.75, 3.05) is 13.7 Å². The fourth-order valence-electron chi connectivity index (χ4n) is 1.99. The summed E-state index contributed by atoms with van der Waals surface area (Å²) in [4.78, 5) is 0. The van der Waals surface area contributed by atoms with E-state index in [2.05, 4.69) is 68.9 Å². The van der Waals surface area contributed by atoms with Crippen molar-refractivity contribution in [1.29, 1.82) is 0 Å². The predicted molar refractivity (Wildman–Crippen MR) is 96.9 cm³/mol. The number of methoxy groups -OCH3 is 1. The highest BCUT2D eigenvalue weighted by molar-refractivity contribution is 9.10. The van der Waals surface area contributed by atoms with Crippen molar-refractivity contribution in [2.45, 2.75) is 58.7 Å². The Labute approximate surface area is 139 Å². The average molecular weight is 373 g/mol. The van der Waals surface area contributed by atoms with E-state index in [0.717, 1.165) is 29.7 Å². The average Bonchev–Trinajstić information content (AvgIpc) is 2.38. The second-order valence-corrected chi connectivity index (χ2v) is 12.6. The van der Waals surface area contributed by atoms with Crippen LogP contribution in [-0.2, 0) is 17.3 Å². The number of rotatable bonds is 6. The van der Waals surface area contributed by atoms with Crippen molar-refractivity contribution in [1.82, 2.24) is 0 Å². The van der Waals surface area contributed by atoms with Crippen LogP contribution in [0.4, 0.5) is 0 Å². The van der Waals surface area contributed by atoms with Crippen molar-refractivity contribution < 1.29 is 9.16 Å². The Kier molecular flexibility index (Phi) is 6.50. The van der Waals surface area contributed by atoms with Crippen molar-refractivity contribution >= 4 is 24.2 Å². The molecule has 4 heteroatoms. The summed E-state index contributed by atoms with van der Waals surface area (Å²) in [7, 11) is 0.0503. The van der Waals surface area contributed by atoms with Gasteiger partial charge < -0.3 is 9.16 Å². The lowest BCUT2D eigenvalue weighted by Gasteiger charge is -2.36. The summed E-state index contributed by atoms with van der Waals surface area (Å²) in [5.41, 5.74) is 2.69. The van der Waals surface area contributed by atoms with E-state index in [1.54, 1.807) is 7.11 Å². The maximum Gasteiger partial charge on any atom is 0.191 e.